The van der Waals surface area contributed by atoms with E-state index in [-0.39, 0.29) is 5.78 Å². The number of rotatable bonds is 8. The van der Waals surface area contributed by atoms with Crippen molar-refractivity contribution in [2.24, 2.45) is 0 Å². The zero-order valence-corrected chi connectivity index (χ0v) is 18.0. The topological polar surface area (TPSA) is 42.0 Å². The Labute approximate surface area is 174 Å². The van der Waals surface area contributed by atoms with Gasteiger partial charge >= 0.3 is 0 Å². The van der Waals surface area contributed by atoms with Gasteiger partial charge in [-0.3, -0.25) is 9.69 Å². The minimum Gasteiger partial charge on any atom is -0.496 e. The number of para-hydroxylation sites is 1. The summed E-state index contributed by atoms with van der Waals surface area (Å²) in [6.07, 6.45) is 1.31. The Hall–Kier alpha value is -2.37. The molecule has 0 radical (unpaired) electrons. The minimum absolute atomic E-state index is 0.143. The molecule has 2 aromatic rings. The Kier molecular flexibility index (Phi) is 6.93. The van der Waals surface area contributed by atoms with E-state index >= 15 is 0 Å². The molecular weight excluding hydrogens is 364 g/mol. The number of anilines is 1. The molecule has 0 amide bonds. The Morgan fingerprint density at radius 2 is 1.76 bits per heavy atom. The van der Waals surface area contributed by atoms with Gasteiger partial charge in [-0.15, -0.1) is 0 Å². The van der Waals surface area contributed by atoms with Gasteiger partial charge in [-0.05, 0) is 56.4 Å². The van der Waals surface area contributed by atoms with Gasteiger partial charge < -0.3 is 14.4 Å². The average Bonchev–Trinajstić information content (AvgIpc) is 2.77. The molecule has 29 heavy (non-hydrogen) atoms. The molecular formula is C24H32N2O3. The lowest BCUT2D eigenvalue weighted by molar-refractivity contribution is 0.0665. The lowest BCUT2D eigenvalue weighted by atomic mass is 9.80. The second-order valence-corrected chi connectivity index (χ2v) is 7.74. The molecule has 2 aromatic carbocycles. The van der Waals surface area contributed by atoms with Crippen LogP contribution in [0.3, 0.4) is 0 Å². The van der Waals surface area contributed by atoms with E-state index < -0.39 is 5.54 Å². The molecule has 1 heterocycles. The van der Waals surface area contributed by atoms with Gasteiger partial charge in [0.15, 0.2) is 5.78 Å². The van der Waals surface area contributed by atoms with E-state index in [1.54, 1.807) is 7.11 Å². The molecule has 1 unspecified atom stereocenters. The molecule has 3 rings (SSSR count). The molecule has 1 aliphatic rings. The number of carbonyl (C=O) groups is 1. The van der Waals surface area contributed by atoms with Gasteiger partial charge in [0.2, 0.25) is 0 Å². The van der Waals surface area contributed by atoms with E-state index in [0.29, 0.717) is 12.8 Å². The molecule has 0 bridgehead atoms. The second kappa shape index (κ2) is 9.42. The van der Waals surface area contributed by atoms with Crippen molar-refractivity contribution in [3.63, 3.8) is 0 Å². The Bertz CT molecular complexity index is 813. The molecule has 5 heteroatoms. The van der Waals surface area contributed by atoms with Crippen LogP contribution in [0.4, 0.5) is 5.69 Å². The zero-order chi connectivity index (χ0) is 20.9. The summed E-state index contributed by atoms with van der Waals surface area (Å²) in [4.78, 5) is 18.1. The van der Waals surface area contributed by atoms with Crippen LogP contribution < -0.4 is 9.64 Å². The highest BCUT2D eigenvalue weighted by molar-refractivity contribution is 6.03. The van der Waals surface area contributed by atoms with Crippen LogP contribution in [-0.4, -0.2) is 63.7 Å². The van der Waals surface area contributed by atoms with Crippen LogP contribution in [0, 0.1) is 0 Å². The Morgan fingerprint density at radius 1 is 1.10 bits per heavy atom. The van der Waals surface area contributed by atoms with Gasteiger partial charge in [0, 0.05) is 30.8 Å². The SMILES string of the molecule is CCC(Cc1ccccc1OC)(C(=O)c1ccc(N2CCOCC2)cc1)N(C)C. The van der Waals surface area contributed by atoms with E-state index in [0.717, 1.165) is 48.9 Å². The van der Waals surface area contributed by atoms with Crippen LogP contribution >= 0.6 is 0 Å². The van der Waals surface area contributed by atoms with Gasteiger partial charge in [0.05, 0.1) is 25.9 Å². The Morgan fingerprint density at radius 3 is 2.34 bits per heavy atom. The van der Waals surface area contributed by atoms with Crippen molar-refractivity contribution in [3.8, 4) is 5.75 Å². The third kappa shape index (κ3) is 4.46. The number of morpholine rings is 1. The molecule has 0 saturated carbocycles. The third-order valence-electron chi connectivity index (χ3n) is 6.04. The van der Waals surface area contributed by atoms with Crippen LogP contribution in [0.1, 0.15) is 29.3 Å². The summed E-state index contributed by atoms with van der Waals surface area (Å²) in [6, 6.07) is 16.0. The van der Waals surface area contributed by atoms with Crippen molar-refractivity contribution < 1.29 is 14.3 Å². The predicted octanol–water partition coefficient (Wildman–Crippen LogP) is 3.67. The van der Waals surface area contributed by atoms with Crippen molar-refractivity contribution in [3.05, 3.63) is 59.7 Å². The van der Waals surface area contributed by atoms with Crippen LogP contribution in [0.15, 0.2) is 48.5 Å². The lowest BCUT2D eigenvalue weighted by Crippen LogP contribution is -2.52. The van der Waals surface area contributed by atoms with Gasteiger partial charge in [0.1, 0.15) is 5.75 Å². The van der Waals surface area contributed by atoms with E-state index in [4.69, 9.17) is 9.47 Å². The number of hydrogen-bond acceptors (Lipinski definition) is 5. The molecule has 1 saturated heterocycles. The number of methoxy groups -OCH3 is 1. The fourth-order valence-corrected chi connectivity index (χ4v) is 4.12. The highest BCUT2D eigenvalue weighted by atomic mass is 16.5. The summed E-state index contributed by atoms with van der Waals surface area (Å²) in [5.74, 6) is 0.965. The second-order valence-electron chi connectivity index (χ2n) is 7.74. The normalized spacial score (nSPS) is 16.5. The molecule has 0 spiro atoms. The summed E-state index contributed by atoms with van der Waals surface area (Å²) in [7, 11) is 5.64. The quantitative estimate of drug-likeness (QED) is 0.637. The number of hydrogen-bond donors (Lipinski definition) is 0. The van der Waals surface area contributed by atoms with Crippen molar-refractivity contribution in [2.45, 2.75) is 25.3 Å². The number of nitrogens with zero attached hydrogens (tertiary/aromatic N) is 2. The largest absolute Gasteiger partial charge is 0.496 e. The number of benzene rings is 2. The van der Waals surface area contributed by atoms with Gasteiger partial charge in [0.25, 0.3) is 0 Å². The standard InChI is InChI=1S/C24H32N2O3/c1-5-24(25(2)3,18-20-8-6-7-9-22(20)28-4)23(27)19-10-12-21(13-11-19)26-14-16-29-17-15-26/h6-13H,5,14-18H2,1-4H3. The summed E-state index contributed by atoms with van der Waals surface area (Å²) < 4.78 is 11.0. The summed E-state index contributed by atoms with van der Waals surface area (Å²) in [6.45, 7) is 5.35. The number of Topliss-reactive ketones (excluding diaryl/α,β-unsaturated/α-hetero) is 1. The van der Waals surface area contributed by atoms with Gasteiger partial charge in [-0.25, -0.2) is 0 Å². The van der Waals surface area contributed by atoms with Crippen LogP contribution in [-0.2, 0) is 11.2 Å². The minimum atomic E-state index is -0.630. The Balaban J connectivity index is 1.89. The molecule has 1 fully saturated rings. The van der Waals surface area contributed by atoms with Crippen LogP contribution in [0.25, 0.3) is 0 Å². The number of ether oxygens (including phenoxy) is 2. The predicted molar refractivity (Wildman–Crippen MR) is 117 cm³/mol. The maximum Gasteiger partial charge on any atom is 0.183 e. The first-order chi connectivity index (χ1) is 14.0. The first-order valence-corrected chi connectivity index (χ1v) is 10.3. The van der Waals surface area contributed by atoms with Gasteiger partial charge in [-0.1, -0.05) is 25.1 Å². The summed E-state index contributed by atoms with van der Waals surface area (Å²) in [5, 5.41) is 0. The molecule has 156 valence electrons. The van der Waals surface area contributed by atoms with Gasteiger partial charge in [-0.2, -0.15) is 0 Å². The maximum atomic E-state index is 13.7. The van der Waals surface area contributed by atoms with Crippen molar-refractivity contribution in [1.82, 2.24) is 4.90 Å². The van der Waals surface area contributed by atoms with E-state index in [9.17, 15) is 4.79 Å². The van der Waals surface area contributed by atoms with E-state index in [1.807, 2.05) is 50.5 Å². The first kappa shape index (κ1) is 21.3. The highest BCUT2D eigenvalue weighted by Crippen LogP contribution is 2.31. The molecule has 0 aromatic heterocycles. The average molecular weight is 397 g/mol. The van der Waals surface area contributed by atoms with Crippen LogP contribution in [0.2, 0.25) is 0 Å². The van der Waals surface area contributed by atoms with E-state index in [2.05, 4.69) is 28.9 Å². The van der Waals surface area contributed by atoms with Crippen molar-refractivity contribution >= 4 is 11.5 Å². The maximum absolute atomic E-state index is 13.7. The molecule has 1 aliphatic heterocycles. The lowest BCUT2D eigenvalue weighted by Gasteiger charge is -2.38. The fourth-order valence-electron chi connectivity index (χ4n) is 4.12. The van der Waals surface area contributed by atoms with E-state index in [1.165, 1.54) is 0 Å². The monoisotopic (exact) mass is 396 g/mol. The fraction of sp³-hybridized carbons (Fsp3) is 0.458. The first-order valence-electron chi connectivity index (χ1n) is 10.3. The third-order valence-corrected chi connectivity index (χ3v) is 6.04. The summed E-state index contributed by atoms with van der Waals surface area (Å²) in [5.41, 5.74) is 2.30. The molecule has 0 N–H and O–H groups in total. The van der Waals surface area contributed by atoms with Crippen molar-refractivity contribution in [1.29, 1.82) is 0 Å². The molecule has 5 nitrogen and oxygen atoms in total. The number of carbonyl (C=O) groups excluding carboxylic acids is 1. The van der Waals surface area contributed by atoms with Crippen LogP contribution in [0.5, 0.6) is 5.75 Å². The summed E-state index contributed by atoms with van der Waals surface area (Å²) >= 11 is 0. The smallest absolute Gasteiger partial charge is 0.183 e. The molecule has 1 atom stereocenters. The number of ketones is 1. The highest BCUT2D eigenvalue weighted by Gasteiger charge is 2.40. The number of likely N-dealkylation sites (N-methyl/N-ethyl adjacent to an activating group) is 1. The zero-order valence-electron chi connectivity index (χ0n) is 18.0. The molecule has 0 aliphatic carbocycles. The van der Waals surface area contributed by atoms with Crippen molar-refractivity contribution in [2.75, 3.05) is 52.4 Å².